The van der Waals surface area contributed by atoms with E-state index in [0.717, 1.165) is 0 Å². The van der Waals surface area contributed by atoms with Crippen LogP contribution in [0.4, 0.5) is 0 Å². The average Bonchev–Trinajstić information content (AvgIpc) is 2.77. The maximum Gasteiger partial charge on any atom is 0.317 e. The first kappa shape index (κ1) is 21.5. The highest BCUT2D eigenvalue weighted by atomic mass is 16.5. The predicted molar refractivity (Wildman–Crippen MR) is 113 cm³/mol. The van der Waals surface area contributed by atoms with Crippen molar-refractivity contribution < 1.29 is 14.3 Å². The molecule has 3 rings (SSSR count). The summed E-state index contributed by atoms with van der Waals surface area (Å²) in [6.07, 6.45) is 2.83. The molecular formula is C22H27N3O5. The van der Waals surface area contributed by atoms with Crippen LogP contribution in [-0.4, -0.2) is 45.6 Å². The molecule has 1 aliphatic heterocycles. The molecule has 2 heterocycles. The molecule has 0 spiro atoms. The SMILES string of the molecule is C=CCn1c(=O)c(=O)n(CCC(=O)N2CCC(C(=O)OCC)CC2)c2ccccc21. The Kier molecular flexibility index (Phi) is 6.87. The lowest BCUT2D eigenvalue weighted by atomic mass is 9.97. The van der Waals surface area contributed by atoms with Crippen LogP contribution >= 0.6 is 0 Å². The second-order valence-corrected chi connectivity index (χ2v) is 7.31. The summed E-state index contributed by atoms with van der Waals surface area (Å²) in [5, 5.41) is 0. The second-order valence-electron chi connectivity index (χ2n) is 7.31. The van der Waals surface area contributed by atoms with Crippen LogP contribution in [0.25, 0.3) is 11.0 Å². The quantitative estimate of drug-likeness (QED) is 0.390. The number of ether oxygens (including phenoxy) is 1. The molecule has 0 N–H and O–H groups in total. The normalized spacial score (nSPS) is 14.6. The van der Waals surface area contributed by atoms with Gasteiger partial charge in [0.2, 0.25) is 5.91 Å². The molecular weight excluding hydrogens is 386 g/mol. The van der Waals surface area contributed by atoms with E-state index in [1.807, 2.05) is 0 Å². The molecule has 1 aromatic carbocycles. The highest BCUT2D eigenvalue weighted by Crippen LogP contribution is 2.19. The van der Waals surface area contributed by atoms with Gasteiger partial charge in [0.15, 0.2) is 0 Å². The van der Waals surface area contributed by atoms with Crippen LogP contribution in [0.3, 0.4) is 0 Å². The highest BCUT2D eigenvalue weighted by molar-refractivity contribution is 5.78. The number of fused-ring (bicyclic) bond motifs is 1. The van der Waals surface area contributed by atoms with Gasteiger partial charge in [-0.25, -0.2) is 0 Å². The molecule has 1 aliphatic rings. The molecule has 30 heavy (non-hydrogen) atoms. The van der Waals surface area contributed by atoms with Gasteiger partial charge >= 0.3 is 17.1 Å². The molecule has 2 aromatic rings. The molecule has 8 heteroatoms. The second kappa shape index (κ2) is 9.56. The summed E-state index contributed by atoms with van der Waals surface area (Å²) in [6.45, 7) is 7.11. The fraction of sp³-hybridized carbons (Fsp3) is 0.455. The number of piperidine rings is 1. The lowest BCUT2D eigenvalue weighted by Crippen LogP contribution is -2.43. The highest BCUT2D eigenvalue weighted by Gasteiger charge is 2.28. The number of likely N-dealkylation sites (tertiary alicyclic amines) is 1. The molecule has 0 unspecified atom stereocenters. The van der Waals surface area contributed by atoms with Gasteiger partial charge in [-0.1, -0.05) is 18.2 Å². The third-order valence-electron chi connectivity index (χ3n) is 5.47. The number of carbonyl (C=O) groups excluding carboxylic acids is 2. The minimum absolute atomic E-state index is 0.0939. The number of carbonyl (C=O) groups is 2. The van der Waals surface area contributed by atoms with Crippen LogP contribution in [-0.2, 0) is 27.4 Å². The van der Waals surface area contributed by atoms with Crippen molar-refractivity contribution in [3.05, 3.63) is 57.6 Å². The molecule has 1 amide bonds. The summed E-state index contributed by atoms with van der Waals surface area (Å²) in [4.78, 5) is 51.4. The Morgan fingerprint density at radius 3 is 2.30 bits per heavy atom. The van der Waals surface area contributed by atoms with Crippen LogP contribution in [0.1, 0.15) is 26.2 Å². The number of para-hydroxylation sites is 2. The zero-order valence-electron chi connectivity index (χ0n) is 17.2. The van der Waals surface area contributed by atoms with Crippen molar-refractivity contribution in [3.8, 4) is 0 Å². The third-order valence-corrected chi connectivity index (χ3v) is 5.47. The number of hydrogen-bond donors (Lipinski definition) is 0. The van der Waals surface area contributed by atoms with E-state index >= 15 is 0 Å². The Bertz CT molecular complexity index is 1060. The monoisotopic (exact) mass is 413 g/mol. The third kappa shape index (κ3) is 4.37. The Labute approximate surface area is 174 Å². The molecule has 0 atom stereocenters. The topological polar surface area (TPSA) is 90.6 Å². The maximum atomic E-state index is 12.7. The summed E-state index contributed by atoms with van der Waals surface area (Å²) in [5.74, 6) is -0.468. The lowest BCUT2D eigenvalue weighted by molar-refractivity contribution is -0.151. The van der Waals surface area contributed by atoms with Crippen LogP contribution < -0.4 is 11.1 Å². The van der Waals surface area contributed by atoms with Crippen LogP contribution in [0.2, 0.25) is 0 Å². The van der Waals surface area contributed by atoms with Crippen molar-refractivity contribution in [2.24, 2.45) is 5.92 Å². The minimum Gasteiger partial charge on any atom is -0.466 e. The number of esters is 1. The summed E-state index contributed by atoms with van der Waals surface area (Å²) in [5.41, 5.74) is -0.0388. The van der Waals surface area contributed by atoms with Gasteiger partial charge < -0.3 is 14.2 Å². The first-order valence-electron chi connectivity index (χ1n) is 10.3. The van der Waals surface area contributed by atoms with Gasteiger partial charge in [-0.2, -0.15) is 0 Å². The Hall–Kier alpha value is -3.16. The van der Waals surface area contributed by atoms with Crippen molar-refractivity contribution in [2.45, 2.75) is 39.3 Å². The van der Waals surface area contributed by atoms with Gasteiger partial charge in [-0.05, 0) is 31.9 Å². The maximum absolute atomic E-state index is 12.7. The van der Waals surface area contributed by atoms with E-state index in [1.54, 1.807) is 42.2 Å². The fourth-order valence-electron chi connectivity index (χ4n) is 3.89. The molecule has 8 nitrogen and oxygen atoms in total. The summed E-state index contributed by atoms with van der Waals surface area (Å²) in [6, 6.07) is 7.14. The predicted octanol–water partition coefficient (Wildman–Crippen LogP) is 1.54. The van der Waals surface area contributed by atoms with Crippen LogP contribution in [0, 0.1) is 5.92 Å². The van der Waals surface area contributed by atoms with Crippen molar-refractivity contribution in [3.63, 3.8) is 0 Å². The molecule has 0 saturated carbocycles. The molecule has 1 saturated heterocycles. The van der Waals surface area contributed by atoms with Crippen LogP contribution in [0.15, 0.2) is 46.5 Å². The van der Waals surface area contributed by atoms with E-state index in [2.05, 4.69) is 6.58 Å². The number of benzene rings is 1. The smallest absolute Gasteiger partial charge is 0.317 e. The summed E-state index contributed by atoms with van der Waals surface area (Å²) >= 11 is 0. The molecule has 0 radical (unpaired) electrons. The molecule has 1 aromatic heterocycles. The van der Waals surface area contributed by atoms with Crippen molar-refractivity contribution in [1.29, 1.82) is 0 Å². The Morgan fingerprint density at radius 1 is 1.10 bits per heavy atom. The van der Waals surface area contributed by atoms with Crippen molar-refractivity contribution in [2.75, 3.05) is 19.7 Å². The number of rotatable bonds is 7. The number of aryl methyl sites for hydroxylation is 1. The van der Waals surface area contributed by atoms with Crippen molar-refractivity contribution >= 4 is 22.9 Å². The van der Waals surface area contributed by atoms with E-state index < -0.39 is 11.1 Å². The van der Waals surface area contributed by atoms with E-state index in [1.165, 1.54) is 9.13 Å². The van der Waals surface area contributed by atoms with E-state index in [4.69, 9.17) is 4.74 Å². The molecule has 160 valence electrons. The minimum atomic E-state index is -0.649. The van der Waals surface area contributed by atoms with E-state index in [-0.39, 0.29) is 37.3 Å². The summed E-state index contributed by atoms with van der Waals surface area (Å²) in [7, 11) is 0. The summed E-state index contributed by atoms with van der Waals surface area (Å²) < 4.78 is 7.82. The standard InChI is InChI=1S/C22H27N3O5/c1-3-12-24-17-7-5-6-8-18(17)25(21(28)20(24)27)15-11-19(26)23-13-9-16(10-14-23)22(29)30-4-2/h3,5-8,16H,1,4,9-15H2,2H3. The number of hydrogen-bond acceptors (Lipinski definition) is 5. The van der Waals surface area contributed by atoms with Gasteiger partial charge in [0, 0.05) is 32.6 Å². The Balaban J connectivity index is 1.73. The zero-order valence-corrected chi connectivity index (χ0v) is 17.2. The molecule has 1 fully saturated rings. The molecule has 0 aliphatic carbocycles. The first-order valence-corrected chi connectivity index (χ1v) is 10.3. The van der Waals surface area contributed by atoms with E-state index in [0.29, 0.717) is 43.6 Å². The van der Waals surface area contributed by atoms with Gasteiger partial charge in [0.25, 0.3) is 0 Å². The lowest BCUT2D eigenvalue weighted by Gasteiger charge is -2.31. The van der Waals surface area contributed by atoms with Crippen LogP contribution in [0.5, 0.6) is 0 Å². The molecule has 0 bridgehead atoms. The first-order chi connectivity index (χ1) is 14.5. The zero-order chi connectivity index (χ0) is 21.7. The Morgan fingerprint density at radius 2 is 1.70 bits per heavy atom. The number of aromatic nitrogens is 2. The van der Waals surface area contributed by atoms with Gasteiger partial charge in [0.05, 0.1) is 23.6 Å². The van der Waals surface area contributed by atoms with Gasteiger partial charge in [0.1, 0.15) is 0 Å². The van der Waals surface area contributed by atoms with E-state index in [9.17, 15) is 19.2 Å². The average molecular weight is 413 g/mol. The van der Waals surface area contributed by atoms with Crippen molar-refractivity contribution in [1.82, 2.24) is 14.0 Å². The van der Waals surface area contributed by atoms with Gasteiger partial charge in [-0.15, -0.1) is 6.58 Å². The number of amides is 1. The number of nitrogens with zero attached hydrogens (tertiary/aromatic N) is 3. The fourth-order valence-corrected chi connectivity index (χ4v) is 3.89. The van der Waals surface area contributed by atoms with Gasteiger partial charge in [-0.3, -0.25) is 23.7 Å². The largest absolute Gasteiger partial charge is 0.466 e. The number of allylic oxidation sites excluding steroid dienone is 1.